The van der Waals surface area contributed by atoms with Gasteiger partial charge < -0.3 is 5.32 Å². The molecule has 1 atom stereocenters. The van der Waals surface area contributed by atoms with Crippen LogP contribution in [0.3, 0.4) is 0 Å². The van der Waals surface area contributed by atoms with Gasteiger partial charge in [0.1, 0.15) is 5.54 Å². The monoisotopic (exact) mass is 276 g/mol. The molecule has 19 heavy (non-hydrogen) atoms. The molecule has 0 aliphatic heterocycles. The molecule has 1 saturated carbocycles. The van der Waals surface area contributed by atoms with Crippen molar-refractivity contribution >= 4 is 11.8 Å². The SMILES string of the molecule is CNC(C#N)(CSc1nc(C)c(C)c(C)n1)C1CC1. The molecule has 1 aliphatic rings. The van der Waals surface area contributed by atoms with Crippen molar-refractivity contribution in [2.45, 2.75) is 44.3 Å². The van der Waals surface area contributed by atoms with Crippen molar-refractivity contribution < 1.29 is 0 Å². The van der Waals surface area contributed by atoms with Gasteiger partial charge in [-0.2, -0.15) is 5.26 Å². The van der Waals surface area contributed by atoms with Crippen molar-refractivity contribution in [2.24, 2.45) is 5.92 Å². The van der Waals surface area contributed by atoms with E-state index >= 15 is 0 Å². The topological polar surface area (TPSA) is 61.6 Å². The number of thioether (sulfide) groups is 1. The van der Waals surface area contributed by atoms with Crippen LogP contribution < -0.4 is 5.32 Å². The van der Waals surface area contributed by atoms with Crippen molar-refractivity contribution in [3.63, 3.8) is 0 Å². The summed E-state index contributed by atoms with van der Waals surface area (Å²) in [6.45, 7) is 6.05. The second kappa shape index (κ2) is 5.48. The minimum Gasteiger partial charge on any atom is -0.302 e. The zero-order chi connectivity index (χ0) is 14.0. The Morgan fingerprint density at radius 3 is 2.32 bits per heavy atom. The molecule has 0 saturated heterocycles. The quantitative estimate of drug-likeness (QED) is 0.661. The van der Waals surface area contributed by atoms with Crippen LogP contribution in [-0.4, -0.2) is 28.3 Å². The number of rotatable bonds is 5. The summed E-state index contributed by atoms with van der Waals surface area (Å²) in [6, 6.07) is 2.45. The van der Waals surface area contributed by atoms with E-state index in [2.05, 4.69) is 21.4 Å². The van der Waals surface area contributed by atoms with Gasteiger partial charge in [-0.25, -0.2) is 9.97 Å². The summed E-state index contributed by atoms with van der Waals surface area (Å²) < 4.78 is 0. The summed E-state index contributed by atoms with van der Waals surface area (Å²) in [5, 5.41) is 13.4. The number of nitriles is 1. The fourth-order valence-electron chi connectivity index (χ4n) is 2.13. The van der Waals surface area contributed by atoms with Gasteiger partial charge in [0.15, 0.2) is 5.16 Å². The van der Waals surface area contributed by atoms with Crippen LogP contribution in [0.5, 0.6) is 0 Å². The number of aryl methyl sites for hydroxylation is 2. The van der Waals surface area contributed by atoms with Gasteiger partial charge in [0.2, 0.25) is 0 Å². The fraction of sp³-hybridized carbons (Fsp3) is 0.643. The first-order chi connectivity index (χ1) is 9.02. The third-order valence-electron chi connectivity index (χ3n) is 3.96. The summed E-state index contributed by atoms with van der Waals surface area (Å²) in [7, 11) is 1.87. The molecule has 2 rings (SSSR count). The molecule has 0 radical (unpaired) electrons. The molecule has 1 aromatic rings. The Hall–Kier alpha value is -1.12. The number of nitrogens with zero attached hydrogens (tertiary/aromatic N) is 3. The van der Waals surface area contributed by atoms with Crippen molar-refractivity contribution in [1.29, 1.82) is 5.26 Å². The van der Waals surface area contributed by atoms with Gasteiger partial charge in [0.05, 0.1) is 6.07 Å². The van der Waals surface area contributed by atoms with Gasteiger partial charge in [0, 0.05) is 17.1 Å². The van der Waals surface area contributed by atoms with Gasteiger partial charge in [-0.1, -0.05) is 11.8 Å². The third-order valence-corrected chi connectivity index (χ3v) is 5.00. The number of hydrogen-bond donors (Lipinski definition) is 1. The maximum atomic E-state index is 9.45. The van der Waals surface area contributed by atoms with Gasteiger partial charge >= 0.3 is 0 Å². The Balaban J connectivity index is 2.12. The number of aromatic nitrogens is 2. The molecule has 1 heterocycles. The maximum absolute atomic E-state index is 9.45. The summed E-state index contributed by atoms with van der Waals surface area (Å²) in [5.74, 6) is 1.18. The highest BCUT2D eigenvalue weighted by atomic mass is 32.2. The van der Waals surface area contributed by atoms with Crippen molar-refractivity contribution in [3.05, 3.63) is 17.0 Å². The Labute approximate surface area is 119 Å². The van der Waals surface area contributed by atoms with Crippen LogP contribution in [-0.2, 0) is 0 Å². The van der Waals surface area contributed by atoms with Crippen molar-refractivity contribution in [1.82, 2.24) is 15.3 Å². The normalized spacial score (nSPS) is 17.8. The zero-order valence-corrected chi connectivity index (χ0v) is 12.8. The third kappa shape index (κ3) is 2.90. The summed E-state index contributed by atoms with van der Waals surface area (Å²) >= 11 is 1.57. The summed E-state index contributed by atoms with van der Waals surface area (Å²) in [4.78, 5) is 9.00. The Morgan fingerprint density at radius 2 is 1.89 bits per heavy atom. The van der Waals surface area contributed by atoms with Crippen LogP contribution in [0.25, 0.3) is 0 Å². The van der Waals surface area contributed by atoms with Gasteiger partial charge in [0.25, 0.3) is 0 Å². The van der Waals surface area contributed by atoms with E-state index in [9.17, 15) is 5.26 Å². The van der Waals surface area contributed by atoms with Crippen molar-refractivity contribution in [2.75, 3.05) is 12.8 Å². The van der Waals surface area contributed by atoms with Gasteiger partial charge in [-0.3, -0.25) is 0 Å². The van der Waals surface area contributed by atoms with E-state index in [1.807, 2.05) is 27.8 Å². The molecule has 0 amide bonds. The Morgan fingerprint density at radius 1 is 1.32 bits per heavy atom. The molecule has 0 spiro atoms. The highest BCUT2D eigenvalue weighted by Crippen LogP contribution is 2.41. The molecule has 0 bridgehead atoms. The summed E-state index contributed by atoms with van der Waals surface area (Å²) in [6.07, 6.45) is 2.28. The molecule has 5 heteroatoms. The second-order valence-corrected chi connectivity index (χ2v) is 6.14. The van der Waals surface area contributed by atoms with E-state index in [0.29, 0.717) is 11.7 Å². The predicted molar refractivity (Wildman–Crippen MR) is 77.1 cm³/mol. The van der Waals surface area contributed by atoms with Crippen LogP contribution in [0.2, 0.25) is 0 Å². The lowest BCUT2D eigenvalue weighted by Crippen LogP contribution is -2.46. The van der Waals surface area contributed by atoms with E-state index in [4.69, 9.17) is 0 Å². The first-order valence-electron chi connectivity index (χ1n) is 6.57. The Bertz CT molecular complexity index is 496. The Kier molecular flexibility index (Phi) is 4.12. The molecular weight excluding hydrogens is 256 g/mol. The zero-order valence-electron chi connectivity index (χ0n) is 11.9. The largest absolute Gasteiger partial charge is 0.302 e. The summed E-state index contributed by atoms with van der Waals surface area (Å²) in [5.41, 5.74) is 2.76. The highest BCUT2D eigenvalue weighted by Gasteiger charge is 2.44. The van der Waals surface area contributed by atoms with E-state index in [1.54, 1.807) is 11.8 Å². The molecule has 1 fully saturated rings. The molecule has 102 valence electrons. The van der Waals surface area contributed by atoms with E-state index < -0.39 is 5.54 Å². The highest BCUT2D eigenvalue weighted by molar-refractivity contribution is 7.99. The minimum absolute atomic E-state index is 0.430. The molecule has 4 nitrogen and oxygen atoms in total. The maximum Gasteiger partial charge on any atom is 0.188 e. The average Bonchev–Trinajstić information content (AvgIpc) is 3.22. The van der Waals surface area contributed by atoms with E-state index in [0.717, 1.165) is 34.9 Å². The van der Waals surface area contributed by atoms with Crippen LogP contribution in [0.15, 0.2) is 5.16 Å². The van der Waals surface area contributed by atoms with Crippen LogP contribution >= 0.6 is 11.8 Å². The average molecular weight is 276 g/mol. The molecule has 1 aliphatic carbocycles. The second-order valence-electron chi connectivity index (χ2n) is 5.20. The fourth-order valence-corrected chi connectivity index (χ4v) is 3.34. The van der Waals surface area contributed by atoms with Crippen LogP contribution in [0.1, 0.15) is 29.8 Å². The lowest BCUT2D eigenvalue weighted by Gasteiger charge is -2.25. The molecule has 1 aromatic heterocycles. The van der Waals surface area contributed by atoms with Crippen LogP contribution in [0, 0.1) is 38.0 Å². The van der Waals surface area contributed by atoms with E-state index in [-0.39, 0.29) is 0 Å². The standard InChI is InChI=1S/C14H20N4S/c1-9-10(2)17-13(18-11(9)3)19-8-14(7-15,16-4)12-5-6-12/h12,16H,5-6,8H2,1-4H3. The minimum atomic E-state index is -0.430. The lowest BCUT2D eigenvalue weighted by molar-refractivity contribution is 0.441. The van der Waals surface area contributed by atoms with Gasteiger partial charge in [-0.15, -0.1) is 0 Å². The van der Waals surface area contributed by atoms with Crippen LogP contribution in [0.4, 0.5) is 0 Å². The molecule has 1 unspecified atom stereocenters. The number of hydrogen-bond acceptors (Lipinski definition) is 5. The lowest BCUT2D eigenvalue weighted by atomic mass is 9.98. The van der Waals surface area contributed by atoms with Gasteiger partial charge in [-0.05, 0) is 52.1 Å². The van der Waals surface area contributed by atoms with Crippen molar-refractivity contribution in [3.8, 4) is 6.07 Å². The molecule has 1 N–H and O–H groups in total. The molecule has 0 aromatic carbocycles. The number of nitrogens with one attached hydrogen (secondary N) is 1. The smallest absolute Gasteiger partial charge is 0.188 e. The van der Waals surface area contributed by atoms with E-state index in [1.165, 1.54) is 0 Å². The molecular formula is C14H20N4S. The first kappa shape index (κ1) is 14.3. The predicted octanol–water partition coefficient (Wildman–Crippen LogP) is 2.39. The first-order valence-corrected chi connectivity index (χ1v) is 7.56.